The molecule has 124 valence electrons. The lowest BCUT2D eigenvalue weighted by atomic mass is 10.0. The normalized spacial score (nSPS) is 11.7. The summed E-state index contributed by atoms with van der Waals surface area (Å²) in [5.74, 6) is 0.685. The average Bonchev–Trinajstić information content (AvgIpc) is 2.83. The van der Waals surface area contributed by atoms with E-state index in [0.29, 0.717) is 18.2 Å². The highest BCUT2D eigenvalue weighted by Gasteiger charge is 2.18. The molecule has 0 aliphatic rings. The van der Waals surface area contributed by atoms with Gasteiger partial charge in [0.15, 0.2) is 0 Å². The van der Waals surface area contributed by atoms with Gasteiger partial charge in [-0.05, 0) is 25.3 Å². The van der Waals surface area contributed by atoms with Crippen LogP contribution in [0, 0.1) is 12.8 Å². The first-order chi connectivity index (χ1) is 9.51. The summed E-state index contributed by atoms with van der Waals surface area (Å²) in [6.45, 7) is 6.46. The Kier molecular flexibility index (Phi) is 8.29. The van der Waals surface area contributed by atoms with Gasteiger partial charge in [0, 0.05) is 24.5 Å². The smallest absolute Gasteiger partial charge is 0.291 e. The Morgan fingerprint density at radius 3 is 2.64 bits per heavy atom. The molecular weight excluding hydrogens is 327 g/mol. The summed E-state index contributed by atoms with van der Waals surface area (Å²) in [4.78, 5) is 20.3. The minimum atomic E-state index is -0.314. The molecule has 2 aromatic rings. The van der Waals surface area contributed by atoms with E-state index in [1.54, 1.807) is 10.7 Å². The quantitative estimate of drug-likeness (QED) is 0.850. The third kappa shape index (κ3) is 4.79. The first-order valence-electron chi connectivity index (χ1n) is 6.70. The van der Waals surface area contributed by atoms with E-state index < -0.39 is 0 Å². The lowest BCUT2D eigenvalue weighted by Crippen LogP contribution is -2.41. The van der Waals surface area contributed by atoms with Crippen molar-refractivity contribution in [3.8, 4) is 0 Å². The molecule has 0 saturated carbocycles. The second-order valence-electron chi connectivity index (χ2n) is 5.27. The molecule has 7 nitrogen and oxygen atoms in total. The minimum Gasteiger partial charge on any atom is -0.345 e. The van der Waals surface area contributed by atoms with Gasteiger partial charge >= 0.3 is 0 Å². The number of nitrogens with zero attached hydrogens (tertiary/aromatic N) is 4. The largest absolute Gasteiger partial charge is 0.345 e. The Bertz CT molecular complexity index is 616. The number of nitrogens with one attached hydrogen (secondary N) is 1. The highest BCUT2D eigenvalue weighted by molar-refractivity contribution is 5.91. The first kappa shape index (κ1) is 20.6. The zero-order chi connectivity index (χ0) is 14.7. The Balaban J connectivity index is 0.00000220. The third-order valence-corrected chi connectivity index (χ3v) is 3.01. The van der Waals surface area contributed by atoms with Crippen molar-refractivity contribution in [3.05, 3.63) is 23.8 Å². The van der Waals surface area contributed by atoms with Crippen LogP contribution in [0.3, 0.4) is 0 Å². The van der Waals surface area contributed by atoms with Crippen molar-refractivity contribution in [2.75, 3.05) is 6.54 Å². The number of aryl methyl sites for hydroxylation is 1. The summed E-state index contributed by atoms with van der Waals surface area (Å²) in [5.41, 5.74) is 6.55. The summed E-state index contributed by atoms with van der Waals surface area (Å²) in [6.07, 6.45) is 2.47. The number of nitrogens with two attached hydrogens (primary N) is 1. The van der Waals surface area contributed by atoms with Gasteiger partial charge in [-0.3, -0.25) is 4.79 Å². The van der Waals surface area contributed by atoms with Crippen molar-refractivity contribution in [2.45, 2.75) is 33.2 Å². The molecule has 0 fully saturated rings. The van der Waals surface area contributed by atoms with Gasteiger partial charge < -0.3 is 11.1 Å². The molecule has 1 unspecified atom stereocenters. The number of hydrogen-bond acceptors (Lipinski definition) is 5. The number of hydrogen-bond donors (Lipinski definition) is 2. The molecule has 0 aromatic carbocycles. The van der Waals surface area contributed by atoms with E-state index in [-0.39, 0.29) is 42.6 Å². The molecule has 1 amide bonds. The zero-order valence-electron chi connectivity index (χ0n) is 12.8. The number of halogens is 2. The van der Waals surface area contributed by atoms with Gasteiger partial charge in [0.05, 0.1) is 0 Å². The lowest BCUT2D eigenvalue weighted by molar-refractivity contribution is 0.0923. The number of carbonyl (C=O) groups is 1. The summed E-state index contributed by atoms with van der Waals surface area (Å²) in [6, 6.07) is 1.74. The number of amides is 1. The molecule has 0 aliphatic carbocycles. The maximum Gasteiger partial charge on any atom is 0.291 e. The fourth-order valence-electron chi connectivity index (χ4n) is 2.04. The topological polar surface area (TPSA) is 98.2 Å². The van der Waals surface area contributed by atoms with Gasteiger partial charge in [-0.2, -0.15) is 4.98 Å². The van der Waals surface area contributed by atoms with Gasteiger partial charge in [0.1, 0.15) is 0 Å². The SMILES string of the molecule is Cc1ccnc2nc(C(=O)NC(CN)CC(C)C)nn12.Cl.Cl. The fraction of sp³-hybridized carbons (Fsp3) is 0.538. The molecule has 0 bridgehead atoms. The number of aromatic nitrogens is 4. The van der Waals surface area contributed by atoms with Crippen LogP contribution in [0.4, 0.5) is 0 Å². The fourth-order valence-corrected chi connectivity index (χ4v) is 2.04. The monoisotopic (exact) mass is 348 g/mol. The predicted octanol–water partition coefficient (Wildman–Crippen LogP) is 1.38. The number of carbonyl (C=O) groups excluding carboxylic acids is 1. The van der Waals surface area contributed by atoms with E-state index >= 15 is 0 Å². The van der Waals surface area contributed by atoms with Crippen molar-refractivity contribution >= 4 is 36.5 Å². The average molecular weight is 349 g/mol. The van der Waals surface area contributed by atoms with Crippen molar-refractivity contribution in [1.29, 1.82) is 0 Å². The molecule has 3 N–H and O–H groups in total. The molecule has 0 radical (unpaired) electrons. The van der Waals surface area contributed by atoms with Crippen LogP contribution in [0.5, 0.6) is 0 Å². The number of fused-ring (bicyclic) bond motifs is 1. The van der Waals surface area contributed by atoms with Crippen molar-refractivity contribution in [1.82, 2.24) is 24.9 Å². The van der Waals surface area contributed by atoms with Crippen LogP contribution in [0.1, 0.15) is 36.6 Å². The van der Waals surface area contributed by atoms with Crippen LogP contribution in [0.25, 0.3) is 5.78 Å². The Morgan fingerprint density at radius 2 is 2.09 bits per heavy atom. The van der Waals surface area contributed by atoms with Gasteiger partial charge in [-0.1, -0.05) is 13.8 Å². The second-order valence-corrected chi connectivity index (χ2v) is 5.27. The lowest BCUT2D eigenvalue weighted by Gasteiger charge is -2.17. The van der Waals surface area contributed by atoms with Crippen molar-refractivity contribution < 1.29 is 4.79 Å². The van der Waals surface area contributed by atoms with Crippen LogP contribution >= 0.6 is 24.8 Å². The van der Waals surface area contributed by atoms with Crippen LogP contribution in [0.15, 0.2) is 12.3 Å². The molecule has 0 aliphatic heterocycles. The van der Waals surface area contributed by atoms with E-state index in [9.17, 15) is 4.79 Å². The maximum atomic E-state index is 12.1. The summed E-state index contributed by atoms with van der Waals surface area (Å²) >= 11 is 0. The van der Waals surface area contributed by atoms with Crippen molar-refractivity contribution in [2.24, 2.45) is 11.7 Å². The highest BCUT2D eigenvalue weighted by Crippen LogP contribution is 2.05. The Labute approximate surface area is 141 Å². The Hall–Kier alpha value is -1.44. The van der Waals surface area contributed by atoms with Gasteiger partial charge in [-0.15, -0.1) is 29.9 Å². The summed E-state index contributed by atoms with van der Waals surface area (Å²) < 4.78 is 1.55. The van der Waals surface area contributed by atoms with E-state index in [1.165, 1.54) is 0 Å². The van der Waals surface area contributed by atoms with Crippen molar-refractivity contribution in [3.63, 3.8) is 0 Å². The second kappa shape index (κ2) is 8.87. The van der Waals surface area contributed by atoms with Crippen LogP contribution < -0.4 is 11.1 Å². The molecule has 2 aromatic heterocycles. The van der Waals surface area contributed by atoms with E-state index in [4.69, 9.17) is 5.73 Å². The maximum absolute atomic E-state index is 12.1. The zero-order valence-corrected chi connectivity index (χ0v) is 14.4. The molecule has 1 atom stereocenters. The molecule has 2 rings (SSSR count). The van der Waals surface area contributed by atoms with E-state index in [0.717, 1.165) is 12.1 Å². The standard InChI is InChI=1S/C13H20N6O.2ClH/c1-8(2)6-10(7-14)16-12(20)11-17-13-15-5-4-9(3)19(13)18-11;;/h4-5,8,10H,6-7,14H2,1-3H3,(H,16,20);2*1H. The van der Waals surface area contributed by atoms with Gasteiger partial charge in [-0.25, -0.2) is 9.50 Å². The predicted molar refractivity (Wildman–Crippen MR) is 89.8 cm³/mol. The molecule has 0 spiro atoms. The Morgan fingerprint density at radius 1 is 1.41 bits per heavy atom. The van der Waals surface area contributed by atoms with Crippen LogP contribution in [0.2, 0.25) is 0 Å². The van der Waals surface area contributed by atoms with Gasteiger partial charge in [0.25, 0.3) is 11.7 Å². The van der Waals surface area contributed by atoms with Crippen LogP contribution in [-0.2, 0) is 0 Å². The first-order valence-corrected chi connectivity index (χ1v) is 6.70. The molecule has 0 saturated heterocycles. The molecule has 22 heavy (non-hydrogen) atoms. The van der Waals surface area contributed by atoms with E-state index in [2.05, 4.69) is 34.2 Å². The molecule has 9 heteroatoms. The molecule has 2 heterocycles. The summed E-state index contributed by atoms with van der Waals surface area (Å²) in [7, 11) is 0. The third-order valence-electron chi connectivity index (χ3n) is 3.01. The van der Waals surface area contributed by atoms with Crippen LogP contribution in [-0.4, -0.2) is 38.1 Å². The minimum absolute atomic E-state index is 0. The molecular formula is C13H22Cl2N6O. The highest BCUT2D eigenvalue weighted by atomic mass is 35.5. The summed E-state index contributed by atoms with van der Waals surface area (Å²) in [5, 5.41) is 7.03. The number of rotatable bonds is 5. The van der Waals surface area contributed by atoms with Gasteiger partial charge in [0.2, 0.25) is 5.82 Å². The van der Waals surface area contributed by atoms with E-state index in [1.807, 2.05) is 13.0 Å².